The number of hydrogen-bond donors (Lipinski definition) is 1. The van der Waals surface area contributed by atoms with E-state index >= 15 is 0 Å². The predicted molar refractivity (Wildman–Crippen MR) is 56.1 cm³/mol. The van der Waals surface area contributed by atoms with Crippen LogP contribution in [-0.2, 0) is 11.2 Å². The number of nitrogens with zero attached hydrogens (tertiary/aromatic N) is 2. The third kappa shape index (κ3) is 2.20. The van der Waals surface area contributed by atoms with E-state index in [2.05, 4.69) is 10.1 Å². The molecule has 5 nitrogen and oxygen atoms in total. The van der Waals surface area contributed by atoms with Gasteiger partial charge in [0, 0.05) is 0 Å². The summed E-state index contributed by atoms with van der Waals surface area (Å²) in [5.74, 6) is -0.657. The summed E-state index contributed by atoms with van der Waals surface area (Å²) in [6.07, 6.45) is -0.270. The van der Waals surface area contributed by atoms with Crippen LogP contribution in [-0.4, -0.2) is 21.2 Å². The number of aromatic nitrogens is 2. The summed E-state index contributed by atoms with van der Waals surface area (Å²) in [7, 11) is 0. The van der Waals surface area contributed by atoms with Crippen molar-refractivity contribution in [3.8, 4) is 11.5 Å². The molecule has 2 rings (SSSR count). The zero-order valence-corrected chi connectivity index (χ0v) is 8.81. The molecule has 2 aromatic rings. The number of hydrogen-bond acceptors (Lipinski definition) is 4. The molecule has 0 amide bonds. The first-order chi connectivity index (χ1) is 7.66. The van der Waals surface area contributed by atoms with Gasteiger partial charge in [-0.1, -0.05) is 28.9 Å². The topological polar surface area (TPSA) is 76.2 Å². The molecule has 1 aromatic carbocycles. The van der Waals surface area contributed by atoms with Gasteiger partial charge < -0.3 is 9.63 Å². The average molecular weight is 239 g/mol. The number of rotatable bonds is 3. The fourth-order valence-corrected chi connectivity index (χ4v) is 1.42. The van der Waals surface area contributed by atoms with Gasteiger partial charge in [-0.05, 0) is 12.1 Å². The first-order valence-electron chi connectivity index (χ1n) is 4.46. The van der Waals surface area contributed by atoms with Gasteiger partial charge in [0.25, 0.3) is 5.89 Å². The van der Waals surface area contributed by atoms with Gasteiger partial charge in [-0.25, -0.2) is 0 Å². The Morgan fingerprint density at radius 3 is 2.88 bits per heavy atom. The lowest BCUT2D eigenvalue weighted by Gasteiger charge is -1.95. The number of benzene rings is 1. The fourth-order valence-electron chi connectivity index (χ4n) is 1.21. The van der Waals surface area contributed by atoms with Crippen molar-refractivity contribution in [3.63, 3.8) is 0 Å². The Labute approximate surface area is 95.7 Å². The van der Waals surface area contributed by atoms with Crippen molar-refractivity contribution in [2.45, 2.75) is 6.42 Å². The second-order valence-electron chi connectivity index (χ2n) is 3.07. The van der Waals surface area contributed by atoms with E-state index in [0.29, 0.717) is 10.6 Å². The highest BCUT2D eigenvalue weighted by atomic mass is 35.5. The molecule has 1 aromatic heterocycles. The van der Waals surface area contributed by atoms with Crippen LogP contribution in [0, 0.1) is 0 Å². The quantitative estimate of drug-likeness (QED) is 0.885. The Kier molecular flexibility index (Phi) is 2.87. The van der Waals surface area contributed by atoms with Gasteiger partial charge in [0.05, 0.1) is 10.6 Å². The number of carboxylic acid groups (broad SMARTS) is 1. The molecular weight excluding hydrogens is 232 g/mol. The number of carbonyl (C=O) groups is 1. The van der Waals surface area contributed by atoms with E-state index in [9.17, 15) is 4.79 Å². The van der Waals surface area contributed by atoms with Gasteiger partial charge in [-0.3, -0.25) is 4.79 Å². The Hall–Kier alpha value is -1.88. The second kappa shape index (κ2) is 4.32. The molecule has 0 saturated heterocycles. The molecule has 82 valence electrons. The van der Waals surface area contributed by atoms with Crippen LogP contribution in [0.25, 0.3) is 11.5 Å². The third-order valence-corrected chi connectivity index (χ3v) is 2.21. The van der Waals surface area contributed by atoms with Gasteiger partial charge in [-0.15, -0.1) is 0 Å². The van der Waals surface area contributed by atoms with Crippen molar-refractivity contribution in [3.05, 3.63) is 35.1 Å². The van der Waals surface area contributed by atoms with Crippen LogP contribution in [0.4, 0.5) is 0 Å². The minimum absolute atomic E-state index is 0.127. The molecule has 1 N–H and O–H groups in total. The van der Waals surface area contributed by atoms with Crippen molar-refractivity contribution < 1.29 is 14.4 Å². The summed E-state index contributed by atoms with van der Waals surface area (Å²) < 4.78 is 4.92. The number of carboxylic acids is 1. The summed E-state index contributed by atoms with van der Waals surface area (Å²) in [5.41, 5.74) is 0.591. The summed E-state index contributed by atoms with van der Waals surface area (Å²) in [5, 5.41) is 12.6. The molecule has 0 unspecified atom stereocenters. The number of halogens is 1. The van der Waals surface area contributed by atoms with Crippen LogP contribution in [0.2, 0.25) is 5.02 Å². The monoisotopic (exact) mass is 238 g/mol. The molecule has 0 aliphatic heterocycles. The Bertz CT molecular complexity index is 524. The molecule has 16 heavy (non-hydrogen) atoms. The minimum Gasteiger partial charge on any atom is -0.481 e. The SMILES string of the molecule is O=C(O)Cc1noc(-c2ccccc2Cl)n1. The molecule has 0 fully saturated rings. The molecule has 0 aliphatic rings. The summed E-state index contributed by atoms with van der Waals surface area (Å²) in [6.45, 7) is 0. The van der Waals surface area contributed by atoms with Crippen LogP contribution in [0.5, 0.6) is 0 Å². The molecule has 0 radical (unpaired) electrons. The van der Waals surface area contributed by atoms with Crippen LogP contribution in [0.15, 0.2) is 28.8 Å². The van der Waals surface area contributed by atoms with E-state index in [1.54, 1.807) is 24.3 Å². The van der Waals surface area contributed by atoms with Crippen molar-refractivity contribution in [1.82, 2.24) is 10.1 Å². The average Bonchev–Trinajstić information content (AvgIpc) is 2.66. The maximum absolute atomic E-state index is 10.4. The van der Waals surface area contributed by atoms with Crippen molar-refractivity contribution in [1.29, 1.82) is 0 Å². The zero-order valence-electron chi connectivity index (χ0n) is 8.05. The lowest BCUT2D eigenvalue weighted by molar-refractivity contribution is -0.136. The van der Waals surface area contributed by atoms with Crippen LogP contribution >= 0.6 is 11.6 Å². The van der Waals surface area contributed by atoms with Gasteiger partial charge in [0.15, 0.2) is 5.82 Å². The van der Waals surface area contributed by atoms with Crippen LogP contribution in [0.1, 0.15) is 5.82 Å². The van der Waals surface area contributed by atoms with Gasteiger partial charge in [0.2, 0.25) is 0 Å². The van der Waals surface area contributed by atoms with E-state index in [0.717, 1.165) is 0 Å². The van der Waals surface area contributed by atoms with Crippen LogP contribution in [0.3, 0.4) is 0 Å². The fraction of sp³-hybridized carbons (Fsp3) is 0.100. The smallest absolute Gasteiger partial charge is 0.311 e. The van der Waals surface area contributed by atoms with Gasteiger partial charge >= 0.3 is 5.97 Å². The summed E-state index contributed by atoms with van der Waals surface area (Å²) in [6, 6.07) is 6.97. The zero-order chi connectivity index (χ0) is 11.5. The Morgan fingerprint density at radius 2 is 2.19 bits per heavy atom. The lowest BCUT2D eigenvalue weighted by Crippen LogP contribution is -2.01. The Morgan fingerprint density at radius 1 is 1.44 bits per heavy atom. The first-order valence-corrected chi connectivity index (χ1v) is 4.84. The van der Waals surface area contributed by atoms with Gasteiger partial charge in [0.1, 0.15) is 6.42 Å². The molecule has 0 bridgehead atoms. The van der Waals surface area contributed by atoms with Crippen molar-refractivity contribution in [2.24, 2.45) is 0 Å². The molecule has 0 aliphatic carbocycles. The van der Waals surface area contributed by atoms with E-state index in [-0.39, 0.29) is 18.1 Å². The Balaban J connectivity index is 2.32. The van der Waals surface area contributed by atoms with Crippen molar-refractivity contribution in [2.75, 3.05) is 0 Å². The molecule has 6 heteroatoms. The standard InChI is InChI=1S/C10H7ClN2O3/c11-7-4-2-1-3-6(7)10-12-8(13-16-10)5-9(14)15/h1-4H,5H2,(H,14,15). The third-order valence-electron chi connectivity index (χ3n) is 1.88. The maximum atomic E-state index is 10.4. The highest BCUT2D eigenvalue weighted by Crippen LogP contribution is 2.25. The maximum Gasteiger partial charge on any atom is 0.311 e. The molecule has 0 atom stereocenters. The lowest BCUT2D eigenvalue weighted by atomic mass is 10.2. The minimum atomic E-state index is -1.01. The predicted octanol–water partition coefficient (Wildman–Crippen LogP) is 2.02. The summed E-state index contributed by atoms with van der Waals surface area (Å²) in [4.78, 5) is 14.4. The summed E-state index contributed by atoms with van der Waals surface area (Å²) >= 11 is 5.93. The van der Waals surface area contributed by atoms with Crippen molar-refractivity contribution >= 4 is 17.6 Å². The van der Waals surface area contributed by atoms with Crippen LogP contribution < -0.4 is 0 Å². The highest BCUT2D eigenvalue weighted by Gasteiger charge is 2.13. The molecule has 0 saturated carbocycles. The molecular formula is C10H7ClN2O3. The number of aliphatic carboxylic acids is 1. The first kappa shape index (κ1) is 10.6. The van der Waals surface area contributed by atoms with E-state index in [1.165, 1.54) is 0 Å². The molecule has 1 heterocycles. The van der Waals surface area contributed by atoms with Gasteiger partial charge in [-0.2, -0.15) is 4.98 Å². The largest absolute Gasteiger partial charge is 0.481 e. The normalized spacial score (nSPS) is 10.3. The van der Waals surface area contributed by atoms with E-state index in [4.69, 9.17) is 21.2 Å². The van der Waals surface area contributed by atoms with E-state index < -0.39 is 5.97 Å². The molecule has 0 spiro atoms. The highest BCUT2D eigenvalue weighted by molar-refractivity contribution is 6.33. The second-order valence-corrected chi connectivity index (χ2v) is 3.47. The van der Waals surface area contributed by atoms with E-state index in [1.807, 2.05) is 0 Å².